The van der Waals surface area contributed by atoms with Gasteiger partial charge in [0.15, 0.2) is 0 Å². The van der Waals surface area contributed by atoms with Crippen LogP contribution in [0.5, 0.6) is 0 Å². The highest BCUT2D eigenvalue weighted by molar-refractivity contribution is 7.95. The molecule has 3 aromatic carbocycles. The Morgan fingerprint density at radius 3 is 1.58 bits per heavy atom. The second kappa shape index (κ2) is 7.85. The van der Waals surface area contributed by atoms with Crippen molar-refractivity contribution in [2.45, 2.75) is 39.7 Å². The van der Waals surface area contributed by atoms with Crippen molar-refractivity contribution in [3.05, 3.63) is 91.0 Å². The number of rotatable bonds is 4. The number of hydrogen-bond acceptors (Lipinski definition) is 2. The predicted octanol–water partition coefficient (Wildman–Crippen LogP) is 4.35. The molecule has 1 saturated carbocycles. The van der Waals surface area contributed by atoms with Crippen molar-refractivity contribution in [3.8, 4) is 0 Å². The molecule has 0 radical (unpaired) electrons. The topological polar surface area (TPSA) is 37.4 Å². The van der Waals surface area contributed by atoms with Crippen molar-refractivity contribution in [2.24, 2.45) is 10.8 Å². The van der Waals surface area contributed by atoms with Gasteiger partial charge >= 0.3 is 0 Å². The van der Waals surface area contributed by atoms with Gasteiger partial charge in [-0.15, -0.1) is 0 Å². The van der Waals surface area contributed by atoms with E-state index in [-0.39, 0.29) is 23.3 Å². The molecule has 2 atom stereocenters. The number of nitrogens with zero attached hydrogens (tertiary/aromatic N) is 1. The summed E-state index contributed by atoms with van der Waals surface area (Å²) >= 11 is 0. The van der Waals surface area contributed by atoms with E-state index in [1.165, 1.54) is 0 Å². The molecular formula is C29H30NO2P. The van der Waals surface area contributed by atoms with E-state index in [2.05, 4.69) is 50.2 Å². The van der Waals surface area contributed by atoms with Crippen molar-refractivity contribution in [1.82, 2.24) is 4.90 Å². The van der Waals surface area contributed by atoms with Crippen LogP contribution in [0.4, 0.5) is 0 Å². The van der Waals surface area contributed by atoms with Gasteiger partial charge in [-0.3, -0.25) is 14.5 Å². The van der Waals surface area contributed by atoms with Gasteiger partial charge in [0.25, 0.3) is 5.91 Å². The number of likely N-dealkylation sites (tertiary alicyclic amines) is 1. The minimum absolute atomic E-state index is 0.0164. The summed E-state index contributed by atoms with van der Waals surface area (Å²) in [4.78, 5) is 29.1. The molecule has 33 heavy (non-hydrogen) atoms. The van der Waals surface area contributed by atoms with Crippen LogP contribution >= 0.6 is 6.89 Å². The number of carbonyl (C=O) groups is 2. The van der Waals surface area contributed by atoms with E-state index in [4.69, 9.17) is 0 Å². The molecule has 2 amide bonds. The molecule has 3 nitrogen and oxygen atoms in total. The van der Waals surface area contributed by atoms with Crippen molar-refractivity contribution in [1.29, 1.82) is 0 Å². The van der Waals surface area contributed by atoms with Crippen LogP contribution in [0.2, 0.25) is 0 Å². The monoisotopic (exact) mass is 455 g/mol. The molecule has 2 aliphatic rings. The lowest BCUT2D eigenvalue weighted by Gasteiger charge is -2.41. The maximum Gasteiger partial charge on any atom is 0.254 e. The Balaban J connectivity index is 1.74. The molecule has 3 aromatic rings. The number of amides is 2. The molecule has 0 N–H and O–H groups in total. The van der Waals surface area contributed by atoms with Crippen LogP contribution < -0.4 is 15.9 Å². The lowest BCUT2D eigenvalue weighted by molar-refractivity contribution is -0.151. The smallest absolute Gasteiger partial charge is 0.254 e. The van der Waals surface area contributed by atoms with Gasteiger partial charge in [-0.2, -0.15) is 0 Å². The molecule has 0 aromatic heterocycles. The van der Waals surface area contributed by atoms with Gasteiger partial charge in [0, 0.05) is 11.8 Å². The average molecular weight is 456 g/mol. The maximum absolute atomic E-state index is 14.0. The van der Waals surface area contributed by atoms with Crippen LogP contribution in [-0.2, 0) is 9.59 Å². The van der Waals surface area contributed by atoms with Gasteiger partial charge in [-0.05, 0) is 41.1 Å². The standard InChI is InChI=1S/C29H30NO2P/c1-28(2)19-22-20-29(28,3)27(32)30(22)26(31)21-33(23-13-7-4-8-14-23,24-15-9-5-10-16-24)25-17-11-6-12-18-25/h4-18,21-22H,19-20H2,1-3H3/t22-,29+/m0/s1. The summed E-state index contributed by atoms with van der Waals surface area (Å²) in [7, 11) is 0. The highest BCUT2D eigenvalue weighted by atomic mass is 31.2. The summed E-state index contributed by atoms with van der Waals surface area (Å²) in [5.74, 6) is 1.72. The van der Waals surface area contributed by atoms with Crippen LogP contribution in [0.3, 0.4) is 0 Å². The Bertz CT molecular complexity index is 1150. The Morgan fingerprint density at radius 2 is 1.21 bits per heavy atom. The van der Waals surface area contributed by atoms with E-state index in [0.717, 1.165) is 28.8 Å². The molecule has 2 bridgehead atoms. The number of benzene rings is 3. The minimum Gasteiger partial charge on any atom is -0.275 e. The zero-order valence-electron chi connectivity index (χ0n) is 19.4. The summed E-state index contributed by atoms with van der Waals surface area (Å²) in [5, 5.41) is 3.33. The fourth-order valence-corrected chi connectivity index (χ4v) is 9.52. The van der Waals surface area contributed by atoms with Crippen molar-refractivity contribution in [3.63, 3.8) is 0 Å². The highest BCUT2D eigenvalue weighted by Gasteiger charge is 2.64. The maximum atomic E-state index is 14.0. The summed E-state index contributed by atoms with van der Waals surface area (Å²) in [5.41, 5.74) is -0.565. The van der Waals surface area contributed by atoms with Crippen LogP contribution in [0.1, 0.15) is 33.6 Å². The molecule has 2 fully saturated rings. The molecule has 1 heterocycles. The van der Waals surface area contributed by atoms with Gasteiger partial charge in [-0.1, -0.05) is 112 Å². The highest BCUT2D eigenvalue weighted by Crippen LogP contribution is 2.59. The molecule has 0 unspecified atom stereocenters. The lowest BCUT2D eigenvalue weighted by Crippen LogP contribution is -2.51. The molecule has 1 aliphatic heterocycles. The second-order valence-electron chi connectivity index (χ2n) is 10.1. The largest absolute Gasteiger partial charge is 0.275 e. The van der Waals surface area contributed by atoms with Crippen LogP contribution in [0.15, 0.2) is 91.0 Å². The van der Waals surface area contributed by atoms with Gasteiger partial charge in [0.1, 0.15) is 0 Å². The van der Waals surface area contributed by atoms with Gasteiger partial charge in [-0.25, -0.2) is 0 Å². The molecule has 1 saturated heterocycles. The van der Waals surface area contributed by atoms with Gasteiger partial charge in [0.05, 0.1) is 5.41 Å². The molecule has 5 rings (SSSR count). The SMILES string of the molecule is CC1(C)C[C@H]2C[C@]1(C)C(=O)N2C(=O)C=P(c1ccccc1)(c1ccccc1)c1ccccc1. The number of hydrogen-bond donors (Lipinski definition) is 0. The predicted molar refractivity (Wildman–Crippen MR) is 138 cm³/mol. The third kappa shape index (κ3) is 3.25. The fourth-order valence-electron chi connectivity index (χ4n) is 5.79. The number of piperidine rings is 1. The molecule has 168 valence electrons. The normalized spacial score (nSPS) is 23.5. The van der Waals surface area contributed by atoms with Gasteiger partial charge in [0.2, 0.25) is 5.91 Å². The number of imide groups is 1. The first-order valence-electron chi connectivity index (χ1n) is 11.6. The van der Waals surface area contributed by atoms with Crippen LogP contribution in [-0.4, -0.2) is 28.6 Å². The fraction of sp³-hybridized carbons (Fsp3) is 0.276. The first kappa shape index (κ1) is 21.9. The number of fused-ring (bicyclic) bond motifs is 2. The van der Waals surface area contributed by atoms with Crippen molar-refractivity contribution >= 4 is 40.4 Å². The van der Waals surface area contributed by atoms with Crippen molar-refractivity contribution < 1.29 is 9.59 Å². The quantitative estimate of drug-likeness (QED) is 0.549. The Kier molecular flexibility index (Phi) is 5.21. The zero-order chi connectivity index (χ0) is 23.3. The molecule has 1 aliphatic carbocycles. The summed E-state index contributed by atoms with van der Waals surface area (Å²) < 4.78 is 0. The summed E-state index contributed by atoms with van der Waals surface area (Å²) in [6, 6.07) is 30.8. The van der Waals surface area contributed by atoms with E-state index >= 15 is 0 Å². The lowest BCUT2D eigenvalue weighted by atomic mass is 9.68. The van der Waals surface area contributed by atoms with Crippen LogP contribution in [0, 0.1) is 10.8 Å². The Hall–Kier alpha value is -2.90. The summed E-state index contributed by atoms with van der Waals surface area (Å²) in [6.07, 6.45) is 1.62. The summed E-state index contributed by atoms with van der Waals surface area (Å²) in [6.45, 7) is 3.92. The first-order chi connectivity index (χ1) is 15.8. The average Bonchev–Trinajstić information content (AvgIpc) is 3.23. The van der Waals surface area contributed by atoms with E-state index in [1.807, 2.05) is 67.3 Å². The third-order valence-electron chi connectivity index (χ3n) is 7.97. The van der Waals surface area contributed by atoms with E-state index in [0.29, 0.717) is 0 Å². The second-order valence-corrected chi connectivity index (χ2v) is 13.4. The van der Waals surface area contributed by atoms with E-state index < -0.39 is 12.3 Å². The zero-order valence-corrected chi connectivity index (χ0v) is 20.3. The van der Waals surface area contributed by atoms with Gasteiger partial charge < -0.3 is 0 Å². The minimum atomic E-state index is -2.43. The first-order valence-corrected chi connectivity index (χ1v) is 13.4. The molecule has 4 heteroatoms. The number of carbonyl (C=O) groups excluding carboxylic acids is 2. The Morgan fingerprint density at radius 1 is 0.788 bits per heavy atom. The third-order valence-corrected chi connectivity index (χ3v) is 11.9. The molecule has 0 spiro atoms. The Labute approximate surface area is 196 Å². The van der Waals surface area contributed by atoms with E-state index in [9.17, 15) is 9.59 Å². The van der Waals surface area contributed by atoms with E-state index in [1.54, 1.807) is 4.90 Å². The van der Waals surface area contributed by atoms with Crippen LogP contribution in [0.25, 0.3) is 0 Å². The molecular weight excluding hydrogens is 425 g/mol. The van der Waals surface area contributed by atoms with Crippen molar-refractivity contribution in [2.75, 3.05) is 0 Å².